The highest BCUT2D eigenvalue weighted by atomic mass is 35.5. The predicted molar refractivity (Wildman–Crippen MR) is 70.4 cm³/mol. The number of hydrogen-bond donors (Lipinski definition) is 0. The molecule has 0 aliphatic rings. The monoisotopic (exact) mass is 258 g/mol. The van der Waals surface area contributed by atoms with E-state index in [1.807, 2.05) is 18.3 Å². The number of hydrogen-bond acceptors (Lipinski definition) is 3. The number of rotatable bonds is 3. The Kier molecular flexibility index (Phi) is 2.94. The smallest absolute Gasteiger partial charge is 0.0974 e. The minimum atomic E-state index is 0.391. The van der Waals surface area contributed by atoms with Gasteiger partial charge in [0.15, 0.2) is 0 Å². The zero-order valence-corrected chi connectivity index (χ0v) is 10.4. The molecule has 0 atom stereocenters. The van der Waals surface area contributed by atoms with Gasteiger partial charge in [-0.05, 0) is 23.8 Å². The first kappa shape index (κ1) is 11.2. The summed E-state index contributed by atoms with van der Waals surface area (Å²) in [5.74, 6) is 0.391. The lowest BCUT2D eigenvalue weighted by atomic mass is 10.1. The molecule has 0 amide bonds. The number of halogens is 1. The van der Waals surface area contributed by atoms with Crippen molar-refractivity contribution < 1.29 is 0 Å². The standard InChI is InChI=1S/C13H11ClN4/c14-7-12-9-18(17-16-12)8-10-3-4-13-11(6-10)2-1-5-15-13/h1-6,9H,7-8H2. The van der Waals surface area contributed by atoms with E-state index in [1.165, 1.54) is 5.56 Å². The van der Waals surface area contributed by atoms with Gasteiger partial charge in [-0.2, -0.15) is 0 Å². The van der Waals surface area contributed by atoms with Crippen LogP contribution in [-0.4, -0.2) is 20.0 Å². The zero-order chi connectivity index (χ0) is 12.4. The molecule has 0 aliphatic heterocycles. The van der Waals surface area contributed by atoms with E-state index in [1.54, 1.807) is 10.9 Å². The SMILES string of the molecule is ClCc1cn(Cc2ccc3ncccc3c2)nn1. The molecule has 0 N–H and O–H groups in total. The van der Waals surface area contributed by atoms with E-state index < -0.39 is 0 Å². The summed E-state index contributed by atoms with van der Waals surface area (Å²) < 4.78 is 1.79. The van der Waals surface area contributed by atoms with E-state index in [9.17, 15) is 0 Å². The van der Waals surface area contributed by atoms with Gasteiger partial charge in [-0.1, -0.05) is 17.3 Å². The Bertz CT molecular complexity index is 677. The molecule has 1 aromatic carbocycles. The molecule has 0 saturated heterocycles. The minimum Gasteiger partial charge on any atom is -0.256 e. The summed E-state index contributed by atoms with van der Waals surface area (Å²) in [6.07, 6.45) is 3.66. The molecule has 5 heteroatoms. The summed E-state index contributed by atoms with van der Waals surface area (Å²) in [7, 11) is 0. The maximum Gasteiger partial charge on any atom is 0.0974 e. The number of fused-ring (bicyclic) bond motifs is 1. The van der Waals surface area contributed by atoms with Gasteiger partial charge in [0.2, 0.25) is 0 Å². The highest BCUT2D eigenvalue weighted by Gasteiger charge is 2.01. The molecule has 2 aromatic heterocycles. The van der Waals surface area contributed by atoms with Crippen LogP contribution in [0.2, 0.25) is 0 Å². The van der Waals surface area contributed by atoms with Gasteiger partial charge in [0.25, 0.3) is 0 Å². The lowest BCUT2D eigenvalue weighted by molar-refractivity contribution is 0.650. The lowest BCUT2D eigenvalue weighted by Gasteiger charge is -2.02. The van der Waals surface area contributed by atoms with Crippen molar-refractivity contribution in [2.45, 2.75) is 12.4 Å². The molecule has 0 bridgehead atoms. The van der Waals surface area contributed by atoms with Crippen LogP contribution in [0, 0.1) is 0 Å². The van der Waals surface area contributed by atoms with Crippen molar-refractivity contribution in [3.63, 3.8) is 0 Å². The maximum absolute atomic E-state index is 5.70. The van der Waals surface area contributed by atoms with Gasteiger partial charge in [0, 0.05) is 11.6 Å². The number of alkyl halides is 1. The van der Waals surface area contributed by atoms with Crippen molar-refractivity contribution >= 4 is 22.5 Å². The predicted octanol–water partition coefficient (Wildman–Crippen LogP) is 2.61. The molecule has 3 aromatic rings. The molecule has 2 heterocycles. The third-order valence-corrected chi connectivity index (χ3v) is 3.01. The third kappa shape index (κ3) is 2.19. The van der Waals surface area contributed by atoms with E-state index in [0.29, 0.717) is 12.4 Å². The lowest BCUT2D eigenvalue weighted by Crippen LogP contribution is -2.00. The number of pyridine rings is 1. The van der Waals surface area contributed by atoms with Gasteiger partial charge in [-0.3, -0.25) is 4.98 Å². The average molecular weight is 259 g/mol. The van der Waals surface area contributed by atoms with Gasteiger partial charge >= 0.3 is 0 Å². The number of nitrogens with zero attached hydrogens (tertiary/aromatic N) is 4. The first-order valence-electron chi connectivity index (χ1n) is 5.64. The summed E-state index contributed by atoms with van der Waals surface area (Å²) >= 11 is 5.70. The highest BCUT2D eigenvalue weighted by molar-refractivity contribution is 6.16. The minimum absolute atomic E-state index is 0.391. The van der Waals surface area contributed by atoms with Gasteiger partial charge in [-0.25, -0.2) is 4.68 Å². The van der Waals surface area contributed by atoms with E-state index in [2.05, 4.69) is 33.5 Å². The van der Waals surface area contributed by atoms with Crippen molar-refractivity contribution in [1.29, 1.82) is 0 Å². The second-order valence-corrected chi connectivity index (χ2v) is 4.34. The fraction of sp³-hybridized carbons (Fsp3) is 0.154. The van der Waals surface area contributed by atoms with Crippen molar-refractivity contribution in [3.8, 4) is 0 Å². The molecule has 0 fully saturated rings. The van der Waals surface area contributed by atoms with Crippen molar-refractivity contribution in [1.82, 2.24) is 20.0 Å². The molecular weight excluding hydrogens is 248 g/mol. The second kappa shape index (κ2) is 4.74. The van der Waals surface area contributed by atoms with Crippen LogP contribution >= 0.6 is 11.6 Å². The fourth-order valence-corrected chi connectivity index (χ4v) is 2.01. The Balaban J connectivity index is 1.90. The van der Waals surface area contributed by atoms with E-state index in [4.69, 9.17) is 11.6 Å². The Morgan fingerprint density at radius 1 is 1.22 bits per heavy atom. The second-order valence-electron chi connectivity index (χ2n) is 4.07. The van der Waals surface area contributed by atoms with Crippen LogP contribution in [0.1, 0.15) is 11.3 Å². The summed E-state index contributed by atoms with van der Waals surface area (Å²) in [4.78, 5) is 4.29. The average Bonchev–Trinajstić information content (AvgIpc) is 2.86. The van der Waals surface area contributed by atoms with Crippen LogP contribution in [-0.2, 0) is 12.4 Å². The summed E-state index contributed by atoms with van der Waals surface area (Å²) in [5, 5.41) is 9.12. The number of aromatic nitrogens is 4. The molecule has 0 radical (unpaired) electrons. The molecule has 0 unspecified atom stereocenters. The first-order valence-corrected chi connectivity index (χ1v) is 6.17. The Labute approximate surface area is 109 Å². The van der Waals surface area contributed by atoms with Crippen LogP contribution in [0.3, 0.4) is 0 Å². The normalized spacial score (nSPS) is 10.9. The van der Waals surface area contributed by atoms with E-state index >= 15 is 0 Å². The summed E-state index contributed by atoms with van der Waals surface area (Å²) in [6.45, 7) is 0.689. The fourth-order valence-electron chi connectivity index (χ4n) is 1.89. The van der Waals surface area contributed by atoms with Gasteiger partial charge in [-0.15, -0.1) is 16.7 Å². The third-order valence-electron chi connectivity index (χ3n) is 2.73. The Morgan fingerprint density at radius 3 is 3.00 bits per heavy atom. The molecule has 0 spiro atoms. The van der Waals surface area contributed by atoms with Crippen molar-refractivity contribution in [3.05, 3.63) is 54.0 Å². The van der Waals surface area contributed by atoms with Crippen LogP contribution in [0.4, 0.5) is 0 Å². The molecular formula is C13H11ClN4. The molecule has 4 nitrogen and oxygen atoms in total. The quantitative estimate of drug-likeness (QED) is 0.679. The first-order chi connectivity index (χ1) is 8.85. The zero-order valence-electron chi connectivity index (χ0n) is 9.62. The highest BCUT2D eigenvalue weighted by Crippen LogP contribution is 2.14. The number of benzene rings is 1. The largest absolute Gasteiger partial charge is 0.256 e. The topological polar surface area (TPSA) is 43.6 Å². The van der Waals surface area contributed by atoms with Gasteiger partial charge in [0.1, 0.15) is 0 Å². The molecule has 0 aliphatic carbocycles. The van der Waals surface area contributed by atoms with Crippen molar-refractivity contribution in [2.24, 2.45) is 0 Å². The Morgan fingerprint density at radius 2 is 2.17 bits per heavy atom. The van der Waals surface area contributed by atoms with Gasteiger partial charge < -0.3 is 0 Å². The molecule has 90 valence electrons. The van der Waals surface area contributed by atoms with Crippen LogP contribution in [0.15, 0.2) is 42.7 Å². The molecule has 3 rings (SSSR count). The van der Waals surface area contributed by atoms with E-state index in [0.717, 1.165) is 16.6 Å². The summed E-state index contributed by atoms with van der Waals surface area (Å²) in [6, 6.07) is 10.2. The maximum atomic E-state index is 5.70. The van der Waals surface area contributed by atoms with Crippen molar-refractivity contribution in [2.75, 3.05) is 0 Å². The molecule has 0 saturated carbocycles. The van der Waals surface area contributed by atoms with Crippen LogP contribution in [0.5, 0.6) is 0 Å². The Hall–Kier alpha value is -1.94. The summed E-state index contributed by atoms with van der Waals surface area (Å²) in [5.41, 5.74) is 2.96. The van der Waals surface area contributed by atoms with Crippen LogP contribution < -0.4 is 0 Å². The van der Waals surface area contributed by atoms with E-state index in [-0.39, 0.29) is 0 Å². The van der Waals surface area contributed by atoms with Gasteiger partial charge in [0.05, 0.1) is 29.8 Å². The molecule has 18 heavy (non-hydrogen) atoms. The van der Waals surface area contributed by atoms with Crippen LogP contribution in [0.25, 0.3) is 10.9 Å².